The number of nitrogens with one attached hydrogen (secondary N) is 1. The van der Waals surface area contributed by atoms with E-state index in [1.165, 1.54) is 19.2 Å². The molecule has 0 aliphatic carbocycles. The SMILES string of the molecule is COc1ccc(C(=O)NCC(O)C(F)F)cc1[N+](=O)[O-]. The van der Waals surface area contributed by atoms with Crippen LogP contribution in [-0.2, 0) is 0 Å². The zero-order valence-corrected chi connectivity index (χ0v) is 10.4. The fourth-order valence-corrected chi connectivity index (χ4v) is 1.36. The zero-order valence-electron chi connectivity index (χ0n) is 10.4. The Balaban J connectivity index is 2.84. The fourth-order valence-electron chi connectivity index (χ4n) is 1.36. The van der Waals surface area contributed by atoms with Gasteiger partial charge in [0.05, 0.1) is 12.0 Å². The molecule has 0 aliphatic rings. The molecule has 0 fully saturated rings. The molecule has 0 radical (unpaired) electrons. The maximum Gasteiger partial charge on any atom is 0.311 e. The van der Waals surface area contributed by atoms with Gasteiger partial charge in [-0.15, -0.1) is 0 Å². The van der Waals surface area contributed by atoms with Crippen molar-refractivity contribution in [1.82, 2.24) is 5.32 Å². The summed E-state index contributed by atoms with van der Waals surface area (Å²) in [5.74, 6) is -0.838. The van der Waals surface area contributed by atoms with Gasteiger partial charge < -0.3 is 15.2 Å². The van der Waals surface area contributed by atoms with Crippen LogP contribution in [0.5, 0.6) is 5.75 Å². The van der Waals surface area contributed by atoms with Gasteiger partial charge in [-0.05, 0) is 12.1 Å². The Kier molecular flexibility index (Phi) is 5.32. The number of nitrogens with zero attached hydrogens (tertiary/aromatic N) is 1. The van der Waals surface area contributed by atoms with E-state index in [1.807, 2.05) is 0 Å². The van der Waals surface area contributed by atoms with Crippen molar-refractivity contribution in [3.8, 4) is 5.75 Å². The number of carbonyl (C=O) groups excluding carboxylic acids is 1. The third-order valence-electron chi connectivity index (χ3n) is 2.40. The lowest BCUT2D eigenvalue weighted by molar-refractivity contribution is -0.385. The maximum absolute atomic E-state index is 12.0. The number of carbonyl (C=O) groups is 1. The van der Waals surface area contributed by atoms with Crippen molar-refractivity contribution in [3.05, 3.63) is 33.9 Å². The highest BCUT2D eigenvalue weighted by Crippen LogP contribution is 2.27. The van der Waals surface area contributed by atoms with E-state index in [-0.39, 0.29) is 11.3 Å². The lowest BCUT2D eigenvalue weighted by Gasteiger charge is -2.11. The third-order valence-corrected chi connectivity index (χ3v) is 2.40. The second kappa shape index (κ2) is 6.75. The minimum atomic E-state index is -2.99. The summed E-state index contributed by atoms with van der Waals surface area (Å²) >= 11 is 0. The monoisotopic (exact) mass is 290 g/mol. The first-order chi connectivity index (χ1) is 9.36. The van der Waals surface area contributed by atoms with Crippen LogP contribution in [0.1, 0.15) is 10.4 Å². The van der Waals surface area contributed by atoms with E-state index in [0.29, 0.717) is 0 Å². The van der Waals surface area contributed by atoms with Crippen molar-refractivity contribution >= 4 is 11.6 Å². The largest absolute Gasteiger partial charge is 0.490 e. The third kappa shape index (κ3) is 3.85. The first kappa shape index (κ1) is 15.8. The standard InChI is InChI=1S/C11H12F2N2O5/c1-20-9-3-2-6(4-7(9)15(18)19)11(17)14-5-8(16)10(12)13/h2-4,8,10,16H,5H2,1H3,(H,14,17). The number of amides is 1. The molecule has 1 atom stereocenters. The molecule has 1 aromatic carbocycles. The average molecular weight is 290 g/mol. The summed E-state index contributed by atoms with van der Waals surface area (Å²) in [6.45, 7) is -0.656. The number of benzene rings is 1. The van der Waals surface area contributed by atoms with Gasteiger partial charge >= 0.3 is 5.69 Å². The summed E-state index contributed by atoms with van der Waals surface area (Å²) < 4.78 is 28.8. The molecule has 0 bridgehead atoms. The predicted octanol–water partition coefficient (Wildman–Crippen LogP) is 0.959. The Morgan fingerprint density at radius 2 is 2.20 bits per heavy atom. The van der Waals surface area contributed by atoms with Crippen LogP contribution in [0.3, 0.4) is 0 Å². The first-order valence-electron chi connectivity index (χ1n) is 5.43. The van der Waals surface area contributed by atoms with Gasteiger partial charge in [0, 0.05) is 18.2 Å². The maximum atomic E-state index is 12.0. The van der Waals surface area contributed by atoms with Crippen molar-refractivity contribution in [1.29, 1.82) is 0 Å². The van der Waals surface area contributed by atoms with Gasteiger partial charge in [0.2, 0.25) is 0 Å². The van der Waals surface area contributed by atoms with E-state index in [0.717, 1.165) is 6.07 Å². The zero-order chi connectivity index (χ0) is 15.3. The highest BCUT2D eigenvalue weighted by Gasteiger charge is 2.20. The number of nitro benzene ring substituents is 1. The van der Waals surface area contributed by atoms with Gasteiger partial charge in [0.15, 0.2) is 5.75 Å². The molecular formula is C11H12F2N2O5. The van der Waals surface area contributed by atoms with Crippen molar-refractivity contribution in [2.24, 2.45) is 0 Å². The lowest BCUT2D eigenvalue weighted by atomic mass is 10.1. The van der Waals surface area contributed by atoms with Crippen LogP contribution >= 0.6 is 0 Å². The molecule has 0 aromatic heterocycles. The van der Waals surface area contributed by atoms with Crippen molar-refractivity contribution < 1.29 is 28.3 Å². The first-order valence-corrected chi connectivity index (χ1v) is 5.43. The molecular weight excluding hydrogens is 278 g/mol. The Hall–Kier alpha value is -2.29. The summed E-state index contributed by atoms with van der Waals surface area (Å²) in [6.07, 6.45) is -4.98. The second-order valence-corrected chi connectivity index (χ2v) is 3.76. The summed E-state index contributed by atoms with van der Waals surface area (Å²) in [6, 6.07) is 3.43. The molecule has 110 valence electrons. The minimum absolute atomic E-state index is 0.0286. The predicted molar refractivity (Wildman–Crippen MR) is 64.0 cm³/mol. The Labute approximate surface area is 112 Å². The van der Waals surface area contributed by atoms with Crippen LogP contribution in [0.4, 0.5) is 14.5 Å². The van der Waals surface area contributed by atoms with Gasteiger partial charge in [-0.25, -0.2) is 8.78 Å². The molecule has 9 heteroatoms. The van der Waals surface area contributed by atoms with Crippen LogP contribution in [-0.4, -0.2) is 42.1 Å². The Morgan fingerprint density at radius 3 is 2.70 bits per heavy atom. The van der Waals surface area contributed by atoms with E-state index in [1.54, 1.807) is 0 Å². The second-order valence-electron chi connectivity index (χ2n) is 3.76. The number of halogens is 2. The quantitative estimate of drug-likeness (QED) is 0.600. The topological polar surface area (TPSA) is 102 Å². The number of rotatable bonds is 6. The number of nitro groups is 1. The average Bonchev–Trinajstić information content (AvgIpc) is 2.43. The number of hydrogen-bond donors (Lipinski definition) is 2. The van der Waals surface area contributed by atoms with Gasteiger partial charge in [0.25, 0.3) is 12.3 Å². The molecule has 0 heterocycles. The van der Waals surface area contributed by atoms with E-state index >= 15 is 0 Å². The lowest BCUT2D eigenvalue weighted by Crippen LogP contribution is -2.35. The molecule has 1 aromatic rings. The molecule has 20 heavy (non-hydrogen) atoms. The normalized spacial score (nSPS) is 12.1. The fraction of sp³-hybridized carbons (Fsp3) is 0.364. The van der Waals surface area contributed by atoms with Crippen LogP contribution in [0.15, 0.2) is 18.2 Å². The number of alkyl halides is 2. The summed E-state index contributed by atoms with van der Waals surface area (Å²) in [7, 11) is 1.24. The molecule has 0 saturated heterocycles. The number of aliphatic hydroxyl groups is 1. The molecule has 2 N–H and O–H groups in total. The summed E-state index contributed by atoms with van der Waals surface area (Å²) in [4.78, 5) is 21.6. The highest BCUT2D eigenvalue weighted by atomic mass is 19.3. The molecule has 7 nitrogen and oxygen atoms in total. The Bertz CT molecular complexity index is 510. The number of ether oxygens (including phenoxy) is 1. The van der Waals surface area contributed by atoms with E-state index in [2.05, 4.69) is 5.32 Å². The van der Waals surface area contributed by atoms with Crippen LogP contribution in [0, 0.1) is 10.1 Å². The summed E-state index contributed by atoms with van der Waals surface area (Å²) in [5, 5.41) is 21.7. The van der Waals surface area contributed by atoms with E-state index in [4.69, 9.17) is 9.84 Å². The van der Waals surface area contributed by atoms with E-state index in [9.17, 15) is 23.7 Å². The van der Waals surface area contributed by atoms with Crippen LogP contribution in [0.25, 0.3) is 0 Å². The number of hydrogen-bond acceptors (Lipinski definition) is 5. The summed E-state index contributed by atoms with van der Waals surface area (Å²) in [5.41, 5.74) is -0.520. The molecule has 1 unspecified atom stereocenters. The molecule has 0 spiro atoms. The molecule has 1 rings (SSSR count). The molecule has 0 aliphatic heterocycles. The highest BCUT2D eigenvalue weighted by molar-refractivity contribution is 5.95. The van der Waals surface area contributed by atoms with Gasteiger partial charge in [-0.3, -0.25) is 14.9 Å². The van der Waals surface area contributed by atoms with Gasteiger partial charge in [0.1, 0.15) is 6.10 Å². The van der Waals surface area contributed by atoms with Crippen LogP contribution in [0.2, 0.25) is 0 Å². The smallest absolute Gasteiger partial charge is 0.311 e. The Morgan fingerprint density at radius 1 is 1.55 bits per heavy atom. The van der Waals surface area contributed by atoms with Gasteiger partial charge in [-0.1, -0.05) is 0 Å². The van der Waals surface area contributed by atoms with Crippen molar-refractivity contribution in [2.45, 2.75) is 12.5 Å². The minimum Gasteiger partial charge on any atom is -0.490 e. The van der Waals surface area contributed by atoms with Crippen molar-refractivity contribution in [3.63, 3.8) is 0 Å². The van der Waals surface area contributed by atoms with Crippen LogP contribution < -0.4 is 10.1 Å². The van der Waals surface area contributed by atoms with Gasteiger partial charge in [-0.2, -0.15) is 0 Å². The van der Waals surface area contributed by atoms with Crippen molar-refractivity contribution in [2.75, 3.05) is 13.7 Å². The molecule has 1 amide bonds. The number of methoxy groups -OCH3 is 1. The molecule has 0 saturated carbocycles. The van der Waals surface area contributed by atoms with E-state index < -0.39 is 35.6 Å². The number of aliphatic hydroxyl groups excluding tert-OH is 1.